The van der Waals surface area contributed by atoms with Gasteiger partial charge in [0.25, 0.3) is 0 Å². The summed E-state index contributed by atoms with van der Waals surface area (Å²) in [6.45, 7) is 9.85. The number of likely N-dealkylation sites (tertiary alicyclic amines) is 1. The first-order valence-corrected chi connectivity index (χ1v) is 7.55. The number of nitrogens with zero attached hydrogens (tertiary/aromatic N) is 1. The maximum absolute atomic E-state index is 11.0. The first-order valence-electron chi connectivity index (χ1n) is 7.55. The number of hydrogen-bond acceptors (Lipinski definition) is 2. The van der Waals surface area contributed by atoms with Crippen LogP contribution in [0.25, 0.3) is 0 Å². The van der Waals surface area contributed by atoms with E-state index in [4.69, 9.17) is 5.11 Å². The van der Waals surface area contributed by atoms with Crippen molar-refractivity contribution in [2.24, 2.45) is 5.41 Å². The summed E-state index contributed by atoms with van der Waals surface area (Å²) in [5, 5.41) is 9.01. The Morgan fingerprint density at radius 3 is 2.55 bits per heavy atom. The molecule has 1 aliphatic rings. The summed E-state index contributed by atoms with van der Waals surface area (Å²) in [7, 11) is 0. The van der Waals surface area contributed by atoms with Crippen LogP contribution in [0.4, 0.5) is 0 Å². The minimum atomic E-state index is -0.850. The van der Waals surface area contributed by atoms with Crippen LogP contribution in [0, 0.1) is 12.3 Å². The lowest BCUT2D eigenvalue weighted by Crippen LogP contribution is -2.26. The lowest BCUT2D eigenvalue weighted by molar-refractivity contribution is 0.0696. The molecule has 2 rings (SSSR count). The van der Waals surface area contributed by atoms with Crippen LogP contribution in [-0.4, -0.2) is 29.1 Å². The first kappa shape index (κ1) is 15.0. The SMILES string of the molecule is CCC1(CC)CCN(Cc2ccc(C(=O)O)cc2C)C1. The minimum absolute atomic E-state index is 0.379. The Hall–Kier alpha value is -1.35. The number of carbonyl (C=O) groups is 1. The average Bonchev–Trinajstić information content (AvgIpc) is 2.85. The fourth-order valence-corrected chi connectivity index (χ4v) is 3.24. The molecule has 0 aromatic heterocycles. The Morgan fingerprint density at radius 1 is 1.35 bits per heavy atom. The second-order valence-electron chi connectivity index (χ2n) is 6.11. The number of benzene rings is 1. The molecule has 1 fully saturated rings. The van der Waals surface area contributed by atoms with Gasteiger partial charge in [-0.25, -0.2) is 4.79 Å². The Bertz CT molecular complexity index is 492. The second-order valence-corrected chi connectivity index (χ2v) is 6.11. The molecular weight excluding hydrogens is 250 g/mol. The van der Waals surface area contributed by atoms with E-state index in [1.165, 1.54) is 31.4 Å². The highest BCUT2D eigenvalue weighted by Crippen LogP contribution is 2.37. The van der Waals surface area contributed by atoms with Gasteiger partial charge in [0.15, 0.2) is 0 Å². The van der Waals surface area contributed by atoms with Gasteiger partial charge in [0.2, 0.25) is 0 Å². The highest BCUT2D eigenvalue weighted by molar-refractivity contribution is 5.87. The molecule has 0 saturated carbocycles. The molecule has 0 aliphatic carbocycles. The van der Waals surface area contributed by atoms with Crippen molar-refractivity contribution >= 4 is 5.97 Å². The Kier molecular flexibility index (Phi) is 4.48. The maximum atomic E-state index is 11.0. The second kappa shape index (κ2) is 5.96. The van der Waals surface area contributed by atoms with Crippen molar-refractivity contribution < 1.29 is 9.90 Å². The van der Waals surface area contributed by atoms with Gasteiger partial charge < -0.3 is 5.11 Å². The Morgan fingerprint density at radius 2 is 2.05 bits per heavy atom. The Labute approximate surface area is 121 Å². The Balaban J connectivity index is 2.06. The van der Waals surface area contributed by atoms with Crippen LogP contribution in [-0.2, 0) is 6.54 Å². The fraction of sp³-hybridized carbons (Fsp3) is 0.588. The van der Waals surface area contributed by atoms with Gasteiger partial charge >= 0.3 is 5.97 Å². The summed E-state index contributed by atoms with van der Waals surface area (Å²) in [4.78, 5) is 13.5. The molecule has 1 aliphatic heterocycles. The molecule has 0 bridgehead atoms. The predicted octanol–water partition coefficient (Wildman–Crippen LogP) is 3.71. The number of rotatable bonds is 5. The summed E-state index contributed by atoms with van der Waals surface area (Å²) in [6, 6.07) is 5.46. The minimum Gasteiger partial charge on any atom is -0.478 e. The molecule has 1 heterocycles. The standard InChI is InChI=1S/C17H25NO2/c1-4-17(5-2)8-9-18(12-17)11-15-7-6-14(16(19)20)10-13(15)3/h6-7,10H,4-5,8-9,11-12H2,1-3H3,(H,19,20). The van der Waals surface area contributed by atoms with Gasteiger partial charge in [-0.1, -0.05) is 19.9 Å². The molecule has 1 aromatic rings. The van der Waals surface area contributed by atoms with Crippen molar-refractivity contribution in [3.63, 3.8) is 0 Å². The summed E-state index contributed by atoms with van der Waals surface area (Å²) < 4.78 is 0. The largest absolute Gasteiger partial charge is 0.478 e. The molecule has 1 saturated heterocycles. The molecular formula is C17H25NO2. The van der Waals surface area contributed by atoms with Gasteiger partial charge in [-0.3, -0.25) is 4.90 Å². The van der Waals surface area contributed by atoms with Gasteiger partial charge in [0, 0.05) is 13.1 Å². The molecule has 0 unspecified atom stereocenters. The van der Waals surface area contributed by atoms with Gasteiger partial charge in [0.05, 0.1) is 5.56 Å². The van der Waals surface area contributed by atoms with Crippen molar-refractivity contribution in [2.75, 3.05) is 13.1 Å². The van der Waals surface area contributed by atoms with Crippen LogP contribution >= 0.6 is 0 Å². The quantitative estimate of drug-likeness (QED) is 0.890. The first-order chi connectivity index (χ1) is 9.49. The van der Waals surface area contributed by atoms with Crippen molar-refractivity contribution in [1.82, 2.24) is 4.90 Å². The van der Waals surface area contributed by atoms with Gasteiger partial charge in [0.1, 0.15) is 0 Å². The topological polar surface area (TPSA) is 40.5 Å². The molecule has 3 heteroatoms. The summed E-state index contributed by atoms with van der Waals surface area (Å²) in [6.07, 6.45) is 3.78. The molecule has 0 amide bonds. The highest BCUT2D eigenvalue weighted by Gasteiger charge is 2.34. The van der Waals surface area contributed by atoms with E-state index in [-0.39, 0.29) is 0 Å². The monoisotopic (exact) mass is 275 g/mol. The zero-order valence-electron chi connectivity index (χ0n) is 12.8. The molecule has 0 atom stereocenters. The highest BCUT2D eigenvalue weighted by atomic mass is 16.4. The van der Waals surface area contributed by atoms with Crippen LogP contribution in [0.3, 0.4) is 0 Å². The number of aromatic carboxylic acids is 1. The summed E-state index contributed by atoms with van der Waals surface area (Å²) in [5.74, 6) is -0.850. The molecule has 0 radical (unpaired) electrons. The van der Waals surface area contributed by atoms with E-state index in [0.717, 1.165) is 18.7 Å². The van der Waals surface area contributed by atoms with Gasteiger partial charge in [-0.05, 0) is 61.4 Å². The molecule has 1 N–H and O–H groups in total. The van der Waals surface area contributed by atoms with E-state index < -0.39 is 5.97 Å². The summed E-state index contributed by atoms with van der Waals surface area (Å²) >= 11 is 0. The molecule has 3 nitrogen and oxygen atoms in total. The number of carboxylic acids is 1. The predicted molar refractivity (Wildman–Crippen MR) is 81.0 cm³/mol. The molecule has 0 spiro atoms. The van der Waals surface area contributed by atoms with Crippen LogP contribution in [0.5, 0.6) is 0 Å². The maximum Gasteiger partial charge on any atom is 0.335 e. The zero-order valence-corrected chi connectivity index (χ0v) is 12.8. The van der Waals surface area contributed by atoms with E-state index in [2.05, 4.69) is 18.7 Å². The van der Waals surface area contributed by atoms with E-state index in [1.807, 2.05) is 13.0 Å². The van der Waals surface area contributed by atoms with Crippen LogP contribution in [0.1, 0.15) is 54.6 Å². The van der Waals surface area contributed by atoms with Gasteiger partial charge in [-0.2, -0.15) is 0 Å². The van der Waals surface area contributed by atoms with Crippen molar-refractivity contribution in [1.29, 1.82) is 0 Å². The smallest absolute Gasteiger partial charge is 0.335 e. The van der Waals surface area contributed by atoms with Gasteiger partial charge in [-0.15, -0.1) is 0 Å². The summed E-state index contributed by atoms with van der Waals surface area (Å²) in [5.41, 5.74) is 3.20. The van der Waals surface area contributed by atoms with Crippen LogP contribution in [0.15, 0.2) is 18.2 Å². The molecule has 20 heavy (non-hydrogen) atoms. The average molecular weight is 275 g/mol. The third kappa shape index (κ3) is 3.04. The number of aryl methyl sites for hydroxylation is 1. The normalized spacial score (nSPS) is 18.4. The lowest BCUT2D eigenvalue weighted by atomic mass is 9.82. The third-order valence-electron chi connectivity index (χ3n) is 5.00. The third-order valence-corrected chi connectivity index (χ3v) is 5.00. The van der Waals surface area contributed by atoms with Crippen molar-refractivity contribution in [3.05, 3.63) is 34.9 Å². The fourth-order valence-electron chi connectivity index (χ4n) is 3.24. The van der Waals surface area contributed by atoms with Crippen LogP contribution in [0.2, 0.25) is 0 Å². The molecule has 110 valence electrons. The van der Waals surface area contributed by atoms with E-state index in [0.29, 0.717) is 11.0 Å². The number of hydrogen-bond donors (Lipinski definition) is 1. The lowest BCUT2D eigenvalue weighted by Gasteiger charge is -2.26. The van der Waals surface area contributed by atoms with Crippen LogP contribution < -0.4 is 0 Å². The van der Waals surface area contributed by atoms with E-state index in [9.17, 15) is 4.79 Å². The van der Waals surface area contributed by atoms with E-state index >= 15 is 0 Å². The van der Waals surface area contributed by atoms with Crippen molar-refractivity contribution in [2.45, 2.75) is 46.6 Å². The number of carboxylic acid groups (broad SMARTS) is 1. The molecule has 1 aromatic carbocycles. The van der Waals surface area contributed by atoms with E-state index in [1.54, 1.807) is 12.1 Å². The zero-order chi connectivity index (χ0) is 14.8. The van der Waals surface area contributed by atoms with Crippen molar-refractivity contribution in [3.8, 4) is 0 Å².